The van der Waals surface area contributed by atoms with Crippen LogP contribution >= 0.6 is 0 Å². The van der Waals surface area contributed by atoms with Crippen molar-refractivity contribution in [2.24, 2.45) is 5.92 Å². The molecular weight excluding hydrogens is 310 g/mol. The van der Waals surface area contributed by atoms with Gasteiger partial charge in [-0.1, -0.05) is 24.6 Å². The molecule has 25 heavy (non-hydrogen) atoms. The Balaban J connectivity index is 1.71. The fraction of sp³-hybridized carbons (Fsp3) is 0.429. The zero-order chi connectivity index (χ0) is 18.0. The molecule has 0 saturated carbocycles. The minimum Gasteiger partial charge on any atom is -0.354 e. The van der Waals surface area contributed by atoms with Crippen LogP contribution in [0.25, 0.3) is 0 Å². The zero-order valence-electron chi connectivity index (χ0n) is 15.6. The van der Waals surface area contributed by atoms with E-state index in [2.05, 4.69) is 50.1 Å². The molecule has 1 aromatic carbocycles. The second-order valence-corrected chi connectivity index (χ2v) is 7.31. The number of anilines is 2. The molecule has 3 rings (SSSR count). The lowest BCUT2D eigenvalue weighted by molar-refractivity contribution is 0.0691. The van der Waals surface area contributed by atoms with Gasteiger partial charge in [0.2, 0.25) is 0 Å². The minimum atomic E-state index is 0.0427. The van der Waals surface area contributed by atoms with Crippen molar-refractivity contribution in [3.8, 4) is 0 Å². The number of piperidine rings is 1. The van der Waals surface area contributed by atoms with Crippen LogP contribution in [0.5, 0.6) is 0 Å². The number of hydrogen-bond donors (Lipinski definition) is 1. The molecule has 1 N–H and O–H groups in total. The van der Waals surface area contributed by atoms with E-state index in [4.69, 9.17) is 0 Å². The van der Waals surface area contributed by atoms with Crippen LogP contribution in [0.3, 0.4) is 0 Å². The summed E-state index contributed by atoms with van der Waals surface area (Å²) in [7, 11) is 0. The lowest BCUT2D eigenvalue weighted by Crippen LogP contribution is -2.38. The maximum Gasteiger partial charge on any atom is 0.272 e. The summed E-state index contributed by atoms with van der Waals surface area (Å²) in [6.45, 7) is 10.2. The van der Waals surface area contributed by atoms with E-state index in [0.29, 0.717) is 11.6 Å². The summed E-state index contributed by atoms with van der Waals surface area (Å²) in [6, 6.07) is 8.09. The monoisotopic (exact) mass is 337 g/mol. The van der Waals surface area contributed by atoms with Crippen molar-refractivity contribution in [1.29, 1.82) is 0 Å². The molecule has 1 amide bonds. The molecule has 1 saturated heterocycles. The summed E-state index contributed by atoms with van der Waals surface area (Å²) >= 11 is 0. The molecule has 2 heterocycles. The van der Waals surface area contributed by atoms with Crippen LogP contribution in [0, 0.1) is 26.7 Å². The summed E-state index contributed by atoms with van der Waals surface area (Å²) in [6.07, 6.45) is 3.91. The molecule has 0 aliphatic carbocycles. The molecule has 0 radical (unpaired) electrons. The molecular formula is C21H27N3O. The summed E-state index contributed by atoms with van der Waals surface area (Å²) in [5.41, 5.74) is 6.21. The standard InChI is InChI=1S/C21H27N3O/c1-14-7-9-24(10-8-14)21(25)19-6-5-18(13-22-19)23-20-16(3)11-15(2)12-17(20)4/h5-6,11-14,23H,7-10H2,1-4H3. The molecule has 0 spiro atoms. The topological polar surface area (TPSA) is 45.2 Å². The van der Waals surface area contributed by atoms with Gasteiger partial charge in [0.25, 0.3) is 5.91 Å². The van der Waals surface area contributed by atoms with Gasteiger partial charge >= 0.3 is 0 Å². The largest absolute Gasteiger partial charge is 0.354 e. The summed E-state index contributed by atoms with van der Waals surface area (Å²) in [5.74, 6) is 0.755. The van der Waals surface area contributed by atoms with Crippen LogP contribution in [0.15, 0.2) is 30.5 Å². The van der Waals surface area contributed by atoms with Gasteiger partial charge in [-0.2, -0.15) is 0 Å². The van der Waals surface area contributed by atoms with Crippen LogP contribution in [0.4, 0.5) is 11.4 Å². The van der Waals surface area contributed by atoms with Gasteiger partial charge in [-0.3, -0.25) is 4.79 Å². The summed E-state index contributed by atoms with van der Waals surface area (Å²) in [4.78, 5) is 18.9. The molecule has 132 valence electrons. The molecule has 4 nitrogen and oxygen atoms in total. The van der Waals surface area contributed by atoms with Crippen LogP contribution in [0.2, 0.25) is 0 Å². The number of carbonyl (C=O) groups is 1. The van der Waals surface area contributed by atoms with E-state index in [1.807, 2.05) is 17.0 Å². The van der Waals surface area contributed by atoms with Gasteiger partial charge < -0.3 is 10.2 Å². The van der Waals surface area contributed by atoms with Gasteiger partial charge in [-0.15, -0.1) is 0 Å². The second kappa shape index (κ2) is 7.26. The predicted molar refractivity (Wildman–Crippen MR) is 102 cm³/mol. The minimum absolute atomic E-state index is 0.0427. The van der Waals surface area contributed by atoms with Gasteiger partial charge in [-0.25, -0.2) is 4.98 Å². The van der Waals surface area contributed by atoms with Crippen molar-refractivity contribution in [1.82, 2.24) is 9.88 Å². The number of amides is 1. The first kappa shape index (κ1) is 17.5. The van der Waals surface area contributed by atoms with Gasteiger partial charge in [0.05, 0.1) is 11.9 Å². The highest BCUT2D eigenvalue weighted by atomic mass is 16.2. The Bertz CT molecular complexity index is 736. The molecule has 0 unspecified atom stereocenters. The van der Waals surface area contributed by atoms with E-state index in [1.165, 1.54) is 16.7 Å². The Morgan fingerprint density at radius 2 is 1.76 bits per heavy atom. The number of hydrogen-bond acceptors (Lipinski definition) is 3. The molecule has 1 aromatic heterocycles. The van der Waals surface area contributed by atoms with Crippen LogP contribution < -0.4 is 5.32 Å². The molecule has 1 aliphatic rings. The van der Waals surface area contributed by atoms with Crippen LogP contribution in [0.1, 0.15) is 46.9 Å². The molecule has 1 aliphatic heterocycles. The van der Waals surface area contributed by atoms with Crippen molar-refractivity contribution in [3.63, 3.8) is 0 Å². The highest BCUT2D eigenvalue weighted by molar-refractivity contribution is 5.92. The Morgan fingerprint density at radius 1 is 1.12 bits per heavy atom. The second-order valence-electron chi connectivity index (χ2n) is 7.31. The highest BCUT2D eigenvalue weighted by Gasteiger charge is 2.22. The highest BCUT2D eigenvalue weighted by Crippen LogP contribution is 2.26. The average Bonchev–Trinajstić information content (AvgIpc) is 2.59. The maximum absolute atomic E-state index is 12.6. The number of pyridine rings is 1. The zero-order valence-corrected chi connectivity index (χ0v) is 15.6. The quantitative estimate of drug-likeness (QED) is 0.888. The van der Waals surface area contributed by atoms with Gasteiger partial charge in [0, 0.05) is 18.8 Å². The number of aromatic nitrogens is 1. The maximum atomic E-state index is 12.6. The molecule has 2 aromatic rings. The Hall–Kier alpha value is -2.36. The van der Waals surface area contributed by atoms with E-state index >= 15 is 0 Å². The lowest BCUT2D eigenvalue weighted by atomic mass is 9.99. The fourth-order valence-electron chi connectivity index (χ4n) is 3.49. The number of nitrogens with one attached hydrogen (secondary N) is 1. The first-order chi connectivity index (χ1) is 11.9. The van der Waals surface area contributed by atoms with E-state index in [9.17, 15) is 4.79 Å². The molecule has 0 bridgehead atoms. The van der Waals surface area contributed by atoms with Crippen molar-refractivity contribution in [2.75, 3.05) is 18.4 Å². The third-order valence-corrected chi connectivity index (χ3v) is 5.00. The molecule has 1 fully saturated rings. The third kappa shape index (κ3) is 4.01. The van der Waals surface area contributed by atoms with Crippen LogP contribution in [-0.2, 0) is 0 Å². The normalized spacial score (nSPS) is 15.3. The predicted octanol–water partition coefficient (Wildman–Crippen LogP) is 4.62. The number of likely N-dealkylation sites (tertiary alicyclic amines) is 1. The van der Waals surface area contributed by atoms with Gasteiger partial charge in [0.15, 0.2) is 0 Å². The van der Waals surface area contributed by atoms with Gasteiger partial charge in [-0.05, 0) is 62.8 Å². The Labute approximate surface area is 150 Å². The van der Waals surface area contributed by atoms with Gasteiger partial charge in [0.1, 0.15) is 5.69 Å². The van der Waals surface area contributed by atoms with Crippen molar-refractivity contribution in [3.05, 3.63) is 52.8 Å². The van der Waals surface area contributed by atoms with E-state index in [1.54, 1.807) is 6.20 Å². The molecule has 0 atom stereocenters. The number of carbonyl (C=O) groups excluding carboxylic acids is 1. The lowest BCUT2D eigenvalue weighted by Gasteiger charge is -2.30. The average molecular weight is 337 g/mol. The smallest absolute Gasteiger partial charge is 0.272 e. The van der Waals surface area contributed by atoms with Crippen molar-refractivity contribution in [2.45, 2.75) is 40.5 Å². The summed E-state index contributed by atoms with van der Waals surface area (Å²) in [5, 5.41) is 3.43. The number of rotatable bonds is 3. The molecule has 4 heteroatoms. The SMILES string of the molecule is Cc1cc(C)c(Nc2ccc(C(=O)N3CCC(C)CC3)nc2)c(C)c1. The van der Waals surface area contributed by atoms with E-state index in [0.717, 1.165) is 37.3 Å². The van der Waals surface area contributed by atoms with Crippen molar-refractivity contribution < 1.29 is 4.79 Å². The summed E-state index contributed by atoms with van der Waals surface area (Å²) < 4.78 is 0. The number of benzene rings is 1. The number of nitrogens with zero attached hydrogens (tertiary/aromatic N) is 2. The van der Waals surface area contributed by atoms with E-state index < -0.39 is 0 Å². The van der Waals surface area contributed by atoms with Crippen molar-refractivity contribution >= 4 is 17.3 Å². The fourth-order valence-corrected chi connectivity index (χ4v) is 3.49. The first-order valence-corrected chi connectivity index (χ1v) is 9.04. The van der Waals surface area contributed by atoms with E-state index in [-0.39, 0.29) is 5.91 Å². The Morgan fingerprint density at radius 3 is 2.32 bits per heavy atom. The third-order valence-electron chi connectivity index (χ3n) is 5.00. The van der Waals surface area contributed by atoms with Crippen LogP contribution in [-0.4, -0.2) is 28.9 Å². The Kier molecular flexibility index (Phi) is 5.07. The number of aryl methyl sites for hydroxylation is 3. The first-order valence-electron chi connectivity index (χ1n) is 9.04.